The third-order valence-corrected chi connectivity index (χ3v) is 4.15. The smallest absolute Gasteiger partial charge is 0.164 e. The highest BCUT2D eigenvalue weighted by Gasteiger charge is 2.24. The maximum Gasteiger partial charge on any atom is 0.164 e. The Kier molecular flexibility index (Phi) is 3.13. The van der Waals surface area contributed by atoms with Crippen molar-refractivity contribution in [2.24, 2.45) is 0 Å². The molecular weight excluding hydrogens is 284 g/mol. The second kappa shape index (κ2) is 5.13. The van der Waals surface area contributed by atoms with Gasteiger partial charge < -0.3 is 5.32 Å². The summed E-state index contributed by atoms with van der Waals surface area (Å²) in [5, 5.41) is 4.25. The molecule has 0 aliphatic carbocycles. The molecule has 4 rings (SSSR count). The minimum atomic E-state index is 0.287. The molecule has 3 heterocycles. The average molecular weight is 299 g/mol. The molecule has 21 heavy (non-hydrogen) atoms. The number of nitrogens with one attached hydrogen (secondary N) is 1. The molecule has 2 aromatic heterocycles. The van der Waals surface area contributed by atoms with Crippen LogP contribution in [0.4, 0.5) is 0 Å². The van der Waals surface area contributed by atoms with E-state index in [1.54, 1.807) is 0 Å². The van der Waals surface area contributed by atoms with Crippen LogP contribution >= 0.6 is 11.6 Å². The second-order valence-electron chi connectivity index (χ2n) is 5.28. The Balaban J connectivity index is 1.95. The standard InChI is InChI=1S/C16H15ClN4/c17-11-5-7-12(8-6-11)21-15-14(4-2-10-19-15)20-16(21)13-3-1-9-18-13/h2,4-8,10,13,18H,1,3,9H2. The molecule has 3 aromatic rings. The van der Waals surface area contributed by atoms with Gasteiger partial charge in [0.2, 0.25) is 0 Å². The number of fused-ring (bicyclic) bond motifs is 1. The Bertz CT molecular complexity index is 773. The van der Waals surface area contributed by atoms with Crippen LogP contribution in [0.1, 0.15) is 24.7 Å². The van der Waals surface area contributed by atoms with E-state index in [0.717, 1.165) is 40.7 Å². The van der Waals surface area contributed by atoms with E-state index in [-0.39, 0.29) is 6.04 Å². The molecule has 1 fully saturated rings. The van der Waals surface area contributed by atoms with Crippen LogP contribution in [0.3, 0.4) is 0 Å². The number of rotatable bonds is 2. The summed E-state index contributed by atoms with van der Waals surface area (Å²) in [7, 11) is 0. The van der Waals surface area contributed by atoms with Crippen molar-refractivity contribution in [2.75, 3.05) is 6.54 Å². The van der Waals surface area contributed by atoms with E-state index in [1.807, 2.05) is 42.6 Å². The van der Waals surface area contributed by atoms with Crippen molar-refractivity contribution in [3.8, 4) is 5.69 Å². The first-order valence-corrected chi connectivity index (χ1v) is 7.53. The summed E-state index contributed by atoms with van der Waals surface area (Å²) >= 11 is 6.01. The van der Waals surface area contributed by atoms with Gasteiger partial charge in [0.1, 0.15) is 11.3 Å². The largest absolute Gasteiger partial charge is 0.307 e. The van der Waals surface area contributed by atoms with Gasteiger partial charge in [-0.15, -0.1) is 0 Å². The molecule has 0 bridgehead atoms. The third-order valence-electron chi connectivity index (χ3n) is 3.90. The summed E-state index contributed by atoms with van der Waals surface area (Å²) in [5.74, 6) is 1.03. The van der Waals surface area contributed by atoms with Crippen LogP contribution in [0.5, 0.6) is 0 Å². The van der Waals surface area contributed by atoms with Crippen molar-refractivity contribution in [1.29, 1.82) is 0 Å². The minimum Gasteiger partial charge on any atom is -0.307 e. The molecule has 1 aromatic carbocycles. The fourth-order valence-corrected chi connectivity index (χ4v) is 3.04. The molecule has 106 valence electrons. The van der Waals surface area contributed by atoms with Gasteiger partial charge in [-0.3, -0.25) is 4.57 Å². The van der Waals surface area contributed by atoms with E-state index < -0.39 is 0 Å². The average Bonchev–Trinajstić information content (AvgIpc) is 3.15. The van der Waals surface area contributed by atoms with Crippen LogP contribution in [-0.4, -0.2) is 21.1 Å². The van der Waals surface area contributed by atoms with Crippen LogP contribution in [0.15, 0.2) is 42.6 Å². The zero-order chi connectivity index (χ0) is 14.2. The molecule has 0 radical (unpaired) electrons. The summed E-state index contributed by atoms with van der Waals surface area (Å²) in [6.07, 6.45) is 4.10. The van der Waals surface area contributed by atoms with Crippen LogP contribution in [-0.2, 0) is 0 Å². The molecule has 1 aliphatic rings. The molecule has 0 amide bonds. The molecule has 1 atom stereocenters. The minimum absolute atomic E-state index is 0.287. The molecule has 0 spiro atoms. The van der Waals surface area contributed by atoms with Crippen LogP contribution < -0.4 is 5.32 Å². The predicted octanol–water partition coefficient (Wildman–Crippen LogP) is 3.50. The summed E-state index contributed by atoms with van der Waals surface area (Å²) in [6, 6.07) is 12.0. The quantitative estimate of drug-likeness (QED) is 0.787. The van der Waals surface area contributed by atoms with E-state index in [9.17, 15) is 0 Å². The first kappa shape index (κ1) is 12.8. The summed E-state index contributed by atoms with van der Waals surface area (Å²) < 4.78 is 2.13. The van der Waals surface area contributed by atoms with Crippen molar-refractivity contribution in [3.05, 3.63) is 53.4 Å². The Morgan fingerprint density at radius 3 is 2.81 bits per heavy atom. The molecule has 0 saturated carbocycles. The molecule has 1 aliphatic heterocycles. The van der Waals surface area contributed by atoms with E-state index in [4.69, 9.17) is 16.6 Å². The monoisotopic (exact) mass is 298 g/mol. The van der Waals surface area contributed by atoms with Gasteiger partial charge in [0.25, 0.3) is 0 Å². The van der Waals surface area contributed by atoms with E-state index in [0.29, 0.717) is 0 Å². The van der Waals surface area contributed by atoms with Gasteiger partial charge in [0, 0.05) is 16.9 Å². The zero-order valence-electron chi connectivity index (χ0n) is 11.5. The number of hydrogen-bond donors (Lipinski definition) is 1. The summed E-state index contributed by atoms with van der Waals surface area (Å²) in [6.45, 7) is 1.04. The summed E-state index contributed by atoms with van der Waals surface area (Å²) in [4.78, 5) is 9.31. The Labute approximate surface area is 127 Å². The topological polar surface area (TPSA) is 42.7 Å². The number of halogens is 1. The SMILES string of the molecule is Clc1ccc(-n2c(C3CCCN3)nc3cccnc32)cc1. The van der Waals surface area contributed by atoms with Gasteiger partial charge in [0.05, 0.1) is 6.04 Å². The van der Waals surface area contributed by atoms with Crippen LogP contribution in [0, 0.1) is 0 Å². The number of aromatic nitrogens is 3. The number of imidazole rings is 1. The van der Waals surface area contributed by atoms with Crippen molar-refractivity contribution in [2.45, 2.75) is 18.9 Å². The lowest BCUT2D eigenvalue weighted by Crippen LogP contribution is -2.17. The number of nitrogens with zero attached hydrogens (tertiary/aromatic N) is 3. The Morgan fingerprint density at radius 1 is 1.19 bits per heavy atom. The van der Waals surface area contributed by atoms with Crippen molar-refractivity contribution >= 4 is 22.8 Å². The third kappa shape index (κ3) is 2.20. The maximum absolute atomic E-state index is 6.01. The Morgan fingerprint density at radius 2 is 2.05 bits per heavy atom. The highest BCUT2D eigenvalue weighted by atomic mass is 35.5. The number of hydrogen-bond acceptors (Lipinski definition) is 3. The van der Waals surface area contributed by atoms with Crippen molar-refractivity contribution in [1.82, 2.24) is 19.9 Å². The fraction of sp³-hybridized carbons (Fsp3) is 0.250. The van der Waals surface area contributed by atoms with Gasteiger partial charge in [0.15, 0.2) is 5.65 Å². The van der Waals surface area contributed by atoms with E-state index in [1.165, 1.54) is 6.42 Å². The van der Waals surface area contributed by atoms with Crippen LogP contribution in [0.25, 0.3) is 16.9 Å². The zero-order valence-corrected chi connectivity index (χ0v) is 12.2. The maximum atomic E-state index is 6.01. The van der Waals surface area contributed by atoms with Crippen molar-refractivity contribution in [3.63, 3.8) is 0 Å². The molecule has 4 nitrogen and oxygen atoms in total. The van der Waals surface area contributed by atoms with E-state index in [2.05, 4.69) is 14.9 Å². The van der Waals surface area contributed by atoms with Crippen molar-refractivity contribution < 1.29 is 0 Å². The lowest BCUT2D eigenvalue weighted by atomic mass is 10.2. The number of benzene rings is 1. The Hall–Kier alpha value is -1.91. The molecule has 1 N–H and O–H groups in total. The lowest BCUT2D eigenvalue weighted by molar-refractivity contribution is 0.598. The second-order valence-corrected chi connectivity index (χ2v) is 5.71. The normalized spacial score (nSPS) is 18.4. The molecule has 5 heteroatoms. The van der Waals surface area contributed by atoms with Gasteiger partial charge in [-0.25, -0.2) is 9.97 Å². The van der Waals surface area contributed by atoms with Gasteiger partial charge in [-0.05, 0) is 55.8 Å². The van der Waals surface area contributed by atoms with Gasteiger partial charge in [-0.1, -0.05) is 11.6 Å². The first-order valence-electron chi connectivity index (χ1n) is 7.15. The van der Waals surface area contributed by atoms with Gasteiger partial charge >= 0.3 is 0 Å². The fourth-order valence-electron chi connectivity index (χ4n) is 2.91. The summed E-state index contributed by atoms with van der Waals surface area (Å²) in [5.41, 5.74) is 2.86. The predicted molar refractivity (Wildman–Crippen MR) is 83.9 cm³/mol. The highest BCUT2D eigenvalue weighted by molar-refractivity contribution is 6.30. The highest BCUT2D eigenvalue weighted by Crippen LogP contribution is 2.28. The molecule has 1 unspecified atom stereocenters. The molecule has 1 saturated heterocycles. The lowest BCUT2D eigenvalue weighted by Gasteiger charge is -2.13. The van der Waals surface area contributed by atoms with E-state index >= 15 is 0 Å². The molecular formula is C16H15ClN4. The van der Waals surface area contributed by atoms with Gasteiger partial charge in [-0.2, -0.15) is 0 Å². The van der Waals surface area contributed by atoms with Crippen LogP contribution in [0.2, 0.25) is 5.02 Å². The number of pyridine rings is 1. The first-order chi connectivity index (χ1) is 10.3.